The van der Waals surface area contributed by atoms with Crippen LogP contribution in [0.15, 0.2) is 36.4 Å². The number of fused-ring (bicyclic) bond motifs is 1. The Morgan fingerprint density at radius 3 is 2.42 bits per heavy atom. The van der Waals surface area contributed by atoms with Gasteiger partial charge in [-0.25, -0.2) is 0 Å². The fraction of sp³-hybridized carbons (Fsp3) is 0.250. The van der Waals surface area contributed by atoms with Gasteiger partial charge >= 0.3 is 0 Å². The van der Waals surface area contributed by atoms with E-state index in [1.165, 1.54) is 16.7 Å². The van der Waals surface area contributed by atoms with Crippen molar-refractivity contribution in [3.63, 3.8) is 0 Å². The van der Waals surface area contributed by atoms with E-state index in [1.54, 1.807) is 19.0 Å². The third kappa shape index (κ3) is 2.75. The predicted octanol–water partition coefficient (Wildman–Crippen LogP) is 4.20. The van der Waals surface area contributed by atoms with Crippen molar-refractivity contribution in [1.82, 2.24) is 9.88 Å². The molecule has 1 amide bonds. The molecule has 24 heavy (non-hydrogen) atoms. The van der Waals surface area contributed by atoms with Crippen LogP contribution < -0.4 is 5.32 Å². The lowest BCUT2D eigenvalue weighted by Gasteiger charge is -2.11. The number of hydrogen-bond acceptors (Lipinski definition) is 2. The van der Waals surface area contributed by atoms with Gasteiger partial charge < -0.3 is 15.2 Å². The molecule has 0 saturated carbocycles. The van der Waals surface area contributed by atoms with Crippen LogP contribution in [0.1, 0.15) is 21.6 Å². The van der Waals surface area contributed by atoms with Crippen LogP contribution in [-0.2, 0) is 0 Å². The van der Waals surface area contributed by atoms with Gasteiger partial charge in [0, 0.05) is 37.7 Å². The molecule has 0 atom stereocenters. The van der Waals surface area contributed by atoms with E-state index in [0.29, 0.717) is 5.69 Å². The molecule has 0 aliphatic heterocycles. The number of nitrogens with zero attached hydrogens (tertiary/aromatic N) is 1. The van der Waals surface area contributed by atoms with E-state index in [1.807, 2.05) is 13.1 Å². The Morgan fingerprint density at radius 1 is 1.04 bits per heavy atom. The minimum Gasteiger partial charge on any atom is -0.388 e. The van der Waals surface area contributed by atoms with Crippen molar-refractivity contribution in [3.05, 3.63) is 53.2 Å². The minimum atomic E-state index is -0.0166. The summed E-state index contributed by atoms with van der Waals surface area (Å²) in [6.45, 7) is 4.19. The first-order chi connectivity index (χ1) is 11.4. The summed E-state index contributed by atoms with van der Waals surface area (Å²) < 4.78 is 0. The largest absolute Gasteiger partial charge is 0.388 e. The lowest BCUT2D eigenvalue weighted by molar-refractivity contribution is 0.0823. The lowest BCUT2D eigenvalue weighted by atomic mass is 9.95. The Morgan fingerprint density at radius 2 is 1.79 bits per heavy atom. The van der Waals surface area contributed by atoms with Crippen molar-refractivity contribution in [1.29, 1.82) is 0 Å². The number of nitrogens with one attached hydrogen (secondary N) is 2. The van der Waals surface area contributed by atoms with Crippen molar-refractivity contribution >= 4 is 22.5 Å². The Kier molecular flexibility index (Phi) is 4.06. The van der Waals surface area contributed by atoms with Crippen LogP contribution in [0.2, 0.25) is 0 Å². The number of aromatic amines is 1. The van der Waals surface area contributed by atoms with E-state index >= 15 is 0 Å². The third-order valence-corrected chi connectivity index (χ3v) is 4.32. The van der Waals surface area contributed by atoms with E-state index < -0.39 is 0 Å². The van der Waals surface area contributed by atoms with Gasteiger partial charge in [0.1, 0.15) is 5.69 Å². The average Bonchev–Trinajstić information content (AvgIpc) is 2.96. The molecule has 0 aliphatic carbocycles. The highest BCUT2D eigenvalue weighted by molar-refractivity contribution is 6.03. The second-order valence-corrected chi connectivity index (χ2v) is 6.44. The molecule has 0 fully saturated rings. The van der Waals surface area contributed by atoms with Crippen LogP contribution in [0, 0.1) is 13.8 Å². The molecule has 1 aromatic heterocycles. The van der Waals surface area contributed by atoms with Crippen LogP contribution >= 0.6 is 0 Å². The van der Waals surface area contributed by atoms with Gasteiger partial charge in [0.25, 0.3) is 5.91 Å². The zero-order chi connectivity index (χ0) is 17.4. The van der Waals surface area contributed by atoms with E-state index in [4.69, 9.17) is 0 Å². The number of H-pyrrole nitrogens is 1. The smallest absolute Gasteiger partial charge is 0.269 e. The molecule has 2 N–H and O–H groups in total. The molecule has 0 spiro atoms. The second-order valence-electron chi connectivity index (χ2n) is 6.44. The highest BCUT2D eigenvalue weighted by Crippen LogP contribution is 2.34. The zero-order valence-electron chi connectivity index (χ0n) is 14.8. The maximum atomic E-state index is 12.3. The molecule has 0 radical (unpaired) electrons. The topological polar surface area (TPSA) is 48.1 Å². The van der Waals surface area contributed by atoms with Gasteiger partial charge in [-0.05, 0) is 60.4 Å². The van der Waals surface area contributed by atoms with Crippen molar-refractivity contribution < 1.29 is 4.79 Å². The number of amides is 1. The minimum absolute atomic E-state index is 0.0166. The first-order valence-electron chi connectivity index (χ1n) is 8.04. The summed E-state index contributed by atoms with van der Waals surface area (Å²) in [6, 6.07) is 12.6. The molecule has 0 unspecified atom stereocenters. The summed E-state index contributed by atoms with van der Waals surface area (Å²) in [4.78, 5) is 17.1. The highest BCUT2D eigenvalue weighted by Gasteiger charge is 2.15. The summed E-state index contributed by atoms with van der Waals surface area (Å²) in [6.07, 6.45) is 0. The third-order valence-electron chi connectivity index (χ3n) is 4.32. The summed E-state index contributed by atoms with van der Waals surface area (Å²) in [5.41, 5.74) is 7.41. The molecule has 2 aromatic carbocycles. The fourth-order valence-corrected chi connectivity index (χ4v) is 3.08. The van der Waals surface area contributed by atoms with Crippen LogP contribution in [0.5, 0.6) is 0 Å². The molecule has 0 aliphatic rings. The molecule has 0 bridgehead atoms. The molecule has 4 heteroatoms. The molecule has 4 nitrogen and oxygen atoms in total. The van der Waals surface area contributed by atoms with Gasteiger partial charge in [0.2, 0.25) is 0 Å². The van der Waals surface area contributed by atoms with Gasteiger partial charge in [-0.2, -0.15) is 0 Å². The van der Waals surface area contributed by atoms with Crippen LogP contribution in [-0.4, -0.2) is 36.9 Å². The number of aromatic nitrogens is 1. The van der Waals surface area contributed by atoms with Crippen molar-refractivity contribution in [2.75, 3.05) is 26.5 Å². The molecule has 1 heterocycles. The number of benzene rings is 2. The van der Waals surface area contributed by atoms with Crippen LogP contribution in [0.4, 0.5) is 5.69 Å². The van der Waals surface area contributed by atoms with Crippen molar-refractivity contribution in [2.45, 2.75) is 13.8 Å². The number of carbonyl (C=O) groups excluding carboxylic acids is 1. The zero-order valence-corrected chi connectivity index (χ0v) is 14.8. The maximum absolute atomic E-state index is 12.3. The van der Waals surface area contributed by atoms with E-state index in [-0.39, 0.29) is 5.91 Å². The summed E-state index contributed by atoms with van der Waals surface area (Å²) >= 11 is 0. The summed E-state index contributed by atoms with van der Waals surface area (Å²) in [7, 11) is 5.45. The monoisotopic (exact) mass is 321 g/mol. The number of rotatable bonds is 3. The molecular weight excluding hydrogens is 298 g/mol. The molecule has 3 aromatic rings. The maximum Gasteiger partial charge on any atom is 0.269 e. The fourth-order valence-electron chi connectivity index (χ4n) is 3.08. The standard InChI is InChI=1S/C20H23N3O/c1-12-8-16(15-7-6-14(21-3)10-13(15)2)17-11-19(20(24)23(4)5)22-18(17)9-12/h6-11,21-22H,1-5H3. The number of carbonyl (C=O) groups is 1. The molecular formula is C20H23N3O. The Balaban J connectivity index is 2.22. The summed E-state index contributed by atoms with van der Waals surface area (Å²) in [5, 5.41) is 4.25. The van der Waals surface area contributed by atoms with Crippen LogP contribution in [0.3, 0.4) is 0 Å². The van der Waals surface area contributed by atoms with Gasteiger partial charge in [-0.15, -0.1) is 0 Å². The molecule has 124 valence electrons. The lowest BCUT2D eigenvalue weighted by Crippen LogP contribution is -2.21. The van der Waals surface area contributed by atoms with E-state index in [9.17, 15) is 4.79 Å². The first kappa shape index (κ1) is 16.1. The Hall–Kier alpha value is -2.75. The van der Waals surface area contributed by atoms with Gasteiger partial charge in [-0.3, -0.25) is 4.79 Å². The van der Waals surface area contributed by atoms with Crippen molar-refractivity contribution in [3.8, 4) is 11.1 Å². The van der Waals surface area contributed by atoms with Crippen LogP contribution in [0.25, 0.3) is 22.0 Å². The second kappa shape index (κ2) is 6.04. The number of anilines is 1. The predicted molar refractivity (Wildman–Crippen MR) is 101 cm³/mol. The number of hydrogen-bond donors (Lipinski definition) is 2. The quantitative estimate of drug-likeness (QED) is 0.759. The van der Waals surface area contributed by atoms with Crippen molar-refractivity contribution in [2.24, 2.45) is 0 Å². The molecule has 0 saturated heterocycles. The van der Waals surface area contributed by atoms with Gasteiger partial charge in [-0.1, -0.05) is 12.1 Å². The Bertz CT molecular complexity index is 922. The van der Waals surface area contributed by atoms with E-state index in [2.05, 4.69) is 54.5 Å². The summed E-state index contributed by atoms with van der Waals surface area (Å²) in [5.74, 6) is -0.0166. The SMILES string of the molecule is CNc1ccc(-c2cc(C)cc3[nH]c(C(=O)N(C)C)cc23)c(C)c1. The Labute approximate surface area is 142 Å². The first-order valence-corrected chi connectivity index (χ1v) is 8.04. The van der Waals surface area contributed by atoms with Gasteiger partial charge in [0.15, 0.2) is 0 Å². The normalized spacial score (nSPS) is 10.9. The number of aryl methyl sites for hydroxylation is 2. The molecule has 3 rings (SSSR count). The van der Waals surface area contributed by atoms with E-state index in [0.717, 1.165) is 22.2 Å². The average molecular weight is 321 g/mol. The van der Waals surface area contributed by atoms with Gasteiger partial charge in [0.05, 0.1) is 0 Å². The highest BCUT2D eigenvalue weighted by atomic mass is 16.2.